The molecule has 0 saturated carbocycles. The van der Waals surface area contributed by atoms with Gasteiger partial charge < -0.3 is 15.3 Å². The zero-order valence-corrected chi connectivity index (χ0v) is 14.5. The molecule has 0 amide bonds. The highest BCUT2D eigenvalue weighted by molar-refractivity contribution is 5.17. The molecule has 1 saturated heterocycles. The maximum absolute atomic E-state index is 13.0. The second kappa shape index (κ2) is 9.36. The number of aliphatic hydroxyl groups is 1. The highest BCUT2D eigenvalue weighted by Gasteiger charge is 2.17. The van der Waals surface area contributed by atoms with Gasteiger partial charge in [0.1, 0.15) is 5.82 Å². The largest absolute Gasteiger partial charge is 0.393 e. The summed E-state index contributed by atoms with van der Waals surface area (Å²) in [6.07, 6.45) is 3.79. The maximum Gasteiger partial charge on any atom is 0.123 e. The SMILES string of the molecule is CC(C)C(Cc1ccc(F)cc1)NCCCN1CCC(O)CC1. The first-order chi connectivity index (χ1) is 11.0. The Hall–Kier alpha value is -0.970. The lowest BCUT2D eigenvalue weighted by molar-refractivity contribution is 0.0819. The van der Waals surface area contributed by atoms with Crippen LogP contribution in [0.3, 0.4) is 0 Å². The molecule has 0 aliphatic carbocycles. The minimum absolute atomic E-state index is 0.0922. The predicted octanol–water partition coefficient (Wildman–Crippen LogP) is 2.83. The van der Waals surface area contributed by atoms with E-state index in [2.05, 4.69) is 24.1 Å². The van der Waals surface area contributed by atoms with Gasteiger partial charge in [0.2, 0.25) is 0 Å². The molecule has 1 aliphatic heterocycles. The molecule has 1 fully saturated rings. The summed E-state index contributed by atoms with van der Waals surface area (Å²) in [5.74, 6) is 0.375. The molecule has 1 heterocycles. The third kappa shape index (κ3) is 6.58. The molecule has 1 atom stereocenters. The van der Waals surface area contributed by atoms with Gasteiger partial charge >= 0.3 is 0 Å². The summed E-state index contributed by atoms with van der Waals surface area (Å²) in [6.45, 7) is 8.60. The molecule has 1 aromatic carbocycles. The summed E-state index contributed by atoms with van der Waals surface area (Å²) in [6, 6.07) is 7.26. The van der Waals surface area contributed by atoms with E-state index in [9.17, 15) is 9.50 Å². The Morgan fingerprint density at radius 1 is 1.22 bits per heavy atom. The van der Waals surface area contributed by atoms with E-state index in [4.69, 9.17) is 0 Å². The molecular weight excluding hydrogens is 291 g/mol. The fourth-order valence-electron chi connectivity index (χ4n) is 3.15. The van der Waals surface area contributed by atoms with Crippen LogP contribution in [0.1, 0.15) is 38.7 Å². The average molecular weight is 322 g/mol. The van der Waals surface area contributed by atoms with Gasteiger partial charge in [-0.25, -0.2) is 4.39 Å². The Morgan fingerprint density at radius 3 is 2.48 bits per heavy atom. The van der Waals surface area contributed by atoms with Crippen LogP contribution in [0.25, 0.3) is 0 Å². The molecule has 1 unspecified atom stereocenters. The Labute approximate surface area is 139 Å². The molecule has 130 valence electrons. The zero-order chi connectivity index (χ0) is 16.7. The molecular formula is C19H31FN2O. The van der Waals surface area contributed by atoms with Crippen molar-refractivity contribution in [3.8, 4) is 0 Å². The van der Waals surface area contributed by atoms with Gasteiger partial charge in [0.25, 0.3) is 0 Å². The minimum atomic E-state index is -0.172. The summed E-state index contributed by atoms with van der Waals surface area (Å²) in [7, 11) is 0. The van der Waals surface area contributed by atoms with E-state index in [0.29, 0.717) is 12.0 Å². The number of hydrogen-bond acceptors (Lipinski definition) is 3. The normalized spacial score (nSPS) is 18.5. The van der Waals surface area contributed by atoms with E-state index in [1.54, 1.807) is 0 Å². The van der Waals surface area contributed by atoms with Crippen LogP contribution in [0, 0.1) is 11.7 Å². The van der Waals surface area contributed by atoms with Crippen LogP contribution in [0.2, 0.25) is 0 Å². The van der Waals surface area contributed by atoms with Crippen LogP contribution >= 0.6 is 0 Å². The highest BCUT2D eigenvalue weighted by atomic mass is 19.1. The summed E-state index contributed by atoms with van der Waals surface area (Å²) in [5.41, 5.74) is 1.18. The molecule has 23 heavy (non-hydrogen) atoms. The highest BCUT2D eigenvalue weighted by Crippen LogP contribution is 2.12. The second-order valence-electron chi connectivity index (χ2n) is 7.06. The number of rotatable bonds is 8. The Balaban J connectivity index is 1.69. The molecule has 0 radical (unpaired) electrons. The topological polar surface area (TPSA) is 35.5 Å². The first kappa shape index (κ1) is 18.4. The Bertz CT molecular complexity index is 441. The first-order valence-corrected chi connectivity index (χ1v) is 8.93. The third-order valence-corrected chi connectivity index (χ3v) is 4.79. The monoisotopic (exact) mass is 322 g/mol. The van der Waals surface area contributed by atoms with Crippen molar-refractivity contribution < 1.29 is 9.50 Å². The predicted molar refractivity (Wildman–Crippen MR) is 93.0 cm³/mol. The number of piperidine rings is 1. The molecule has 1 aromatic rings. The molecule has 3 nitrogen and oxygen atoms in total. The van der Waals surface area contributed by atoms with E-state index in [0.717, 1.165) is 51.9 Å². The van der Waals surface area contributed by atoms with Gasteiger partial charge in [-0.1, -0.05) is 26.0 Å². The number of aliphatic hydroxyl groups excluding tert-OH is 1. The fraction of sp³-hybridized carbons (Fsp3) is 0.684. The van der Waals surface area contributed by atoms with Crippen LogP contribution in [0.15, 0.2) is 24.3 Å². The Kier molecular flexibility index (Phi) is 7.47. The standard InChI is InChI=1S/C19H31FN2O/c1-15(2)19(14-16-4-6-17(20)7-5-16)21-10-3-11-22-12-8-18(23)9-13-22/h4-7,15,18-19,21,23H,3,8-14H2,1-2H3. The van der Waals surface area contributed by atoms with E-state index in [-0.39, 0.29) is 11.9 Å². The lowest BCUT2D eigenvalue weighted by Crippen LogP contribution is -2.40. The van der Waals surface area contributed by atoms with Crippen LogP contribution in [-0.4, -0.2) is 48.3 Å². The van der Waals surface area contributed by atoms with Crippen LogP contribution in [0.5, 0.6) is 0 Å². The number of hydrogen-bond donors (Lipinski definition) is 2. The number of nitrogens with one attached hydrogen (secondary N) is 1. The molecule has 1 aliphatic rings. The summed E-state index contributed by atoms with van der Waals surface area (Å²) >= 11 is 0. The second-order valence-corrected chi connectivity index (χ2v) is 7.06. The van der Waals surface area contributed by atoms with Gasteiger partial charge in [0, 0.05) is 19.1 Å². The molecule has 2 N–H and O–H groups in total. The van der Waals surface area contributed by atoms with Crippen molar-refractivity contribution in [2.45, 2.75) is 51.7 Å². The van der Waals surface area contributed by atoms with E-state index >= 15 is 0 Å². The van der Waals surface area contributed by atoms with E-state index in [1.807, 2.05) is 12.1 Å². The van der Waals surface area contributed by atoms with Crippen LogP contribution < -0.4 is 5.32 Å². The minimum Gasteiger partial charge on any atom is -0.393 e. The van der Waals surface area contributed by atoms with Gasteiger partial charge in [0.05, 0.1) is 6.10 Å². The fourth-order valence-corrected chi connectivity index (χ4v) is 3.15. The average Bonchev–Trinajstić information content (AvgIpc) is 2.53. The van der Waals surface area contributed by atoms with Crippen molar-refractivity contribution in [3.63, 3.8) is 0 Å². The van der Waals surface area contributed by atoms with Crippen LogP contribution in [-0.2, 0) is 6.42 Å². The third-order valence-electron chi connectivity index (χ3n) is 4.79. The van der Waals surface area contributed by atoms with Gasteiger partial charge in [-0.3, -0.25) is 0 Å². The van der Waals surface area contributed by atoms with Crippen molar-refractivity contribution in [2.75, 3.05) is 26.2 Å². The molecule has 0 bridgehead atoms. The van der Waals surface area contributed by atoms with E-state index < -0.39 is 0 Å². The lowest BCUT2D eigenvalue weighted by atomic mass is 9.96. The summed E-state index contributed by atoms with van der Waals surface area (Å²) in [4.78, 5) is 2.44. The van der Waals surface area contributed by atoms with Crippen molar-refractivity contribution >= 4 is 0 Å². The van der Waals surface area contributed by atoms with Crippen molar-refractivity contribution in [2.24, 2.45) is 5.92 Å². The van der Waals surface area contributed by atoms with Gasteiger partial charge in [-0.15, -0.1) is 0 Å². The maximum atomic E-state index is 13.0. The van der Waals surface area contributed by atoms with E-state index in [1.165, 1.54) is 17.7 Å². The number of benzene rings is 1. The smallest absolute Gasteiger partial charge is 0.123 e. The number of likely N-dealkylation sites (tertiary alicyclic amines) is 1. The van der Waals surface area contributed by atoms with Crippen molar-refractivity contribution in [1.29, 1.82) is 0 Å². The summed E-state index contributed by atoms with van der Waals surface area (Å²) in [5, 5.41) is 13.2. The van der Waals surface area contributed by atoms with Crippen LogP contribution in [0.4, 0.5) is 4.39 Å². The molecule has 0 spiro atoms. The lowest BCUT2D eigenvalue weighted by Gasteiger charge is -2.30. The Morgan fingerprint density at radius 2 is 1.87 bits per heavy atom. The van der Waals surface area contributed by atoms with Gasteiger partial charge in [0.15, 0.2) is 0 Å². The number of nitrogens with zero attached hydrogens (tertiary/aromatic N) is 1. The molecule has 4 heteroatoms. The zero-order valence-electron chi connectivity index (χ0n) is 14.5. The van der Waals surface area contributed by atoms with Crippen molar-refractivity contribution in [3.05, 3.63) is 35.6 Å². The first-order valence-electron chi connectivity index (χ1n) is 8.93. The molecule has 0 aromatic heterocycles. The summed E-state index contributed by atoms with van der Waals surface area (Å²) < 4.78 is 13.0. The number of halogens is 1. The van der Waals surface area contributed by atoms with Crippen molar-refractivity contribution in [1.82, 2.24) is 10.2 Å². The quantitative estimate of drug-likeness (QED) is 0.723. The molecule has 2 rings (SSSR count). The van der Waals surface area contributed by atoms with Gasteiger partial charge in [-0.2, -0.15) is 0 Å². The van der Waals surface area contributed by atoms with Gasteiger partial charge in [-0.05, 0) is 62.4 Å².